The number of aryl methyl sites for hydroxylation is 1. The first-order chi connectivity index (χ1) is 11.4. The van der Waals surface area contributed by atoms with Crippen LogP contribution in [0.15, 0.2) is 35.3 Å². The van der Waals surface area contributed by atoms with Gasteiger partial charge in [0.25, 0.3) is 5.56 Å². The van der Waals surface area contributed by atoms with E-state index in [0.717, 1.165) is 16.6 Å². The van der Waals surface area contributed by atoms with Crippen molar-refractivity contribution in [2.75, 3.05) is 0 Å². The molecule has 3 aliphatic carbocycles. The zero-order valence-corrected chi connectivity index (χ0v) is 14.5. The maximum absolute atomic E-state index is 12.2. The van der Waals surface area contributed by atoms with Gasteiger partial charge in [0.2, 0.25) is 0 Å². The average molecular weight is 318 g/mol. The Labute approximate surface area is 141 Å². The number of aromatic nitrogens is 2. The van der Waals surface area contributed by atoms with Gasteiger partial charge in [0.15, 0.2) is 0 Å². The molecule has 1 saturated carbocycles. The standard InChI is InChI=1S/C21H22N2O/c1-13-12-23-17-16(20(2)8-10-21(17,3)11-9-20)14-6-4-5-7-15(14)18(23)22-19(13)24/h4-7,12H,8-11H2,1-3H3. The first-order valence-electron chi connectivity index (χ1n) is 8.89. The fourth-order valence-electron chi connectivity index (χ4n) is 5.10. The molecule has 3 aliphatic rings. The lowest BCUT2D eigenvalue weighted by Gasteiger charge is -2.52. The largest absolute Gasteiger partial charge is 0.304 e. The van der Waals surface area contributed by atoms with E-state index in [1.807, 2.05) is 19.2 Å². The highest BCUT2D eigenvalue weighted by atomic mass is 16.1. The number of nitrogens with zero attached hydrogens (tertiary/aromatic N) is 2. The van der Waals surface area contributed by atoms with Crippen molar-refractivity contribution >= 4 is 16.4 Å². The minimum atomic E-state index is -0.113. The molecule has 2 aromatic heterocycles. The monoisotopic (exact) mass is 318 g/mol. The summed E-state index contributed by atoms with van der Waals surface area (Å²) in [5.41, 5.74) is 4.73. The van der Waals surface area contributed by atoms with E-state index in [4.69, 9.17) is 0 Å². The van der Waals surface area contributed by atoms with E-state index in [1.165, 1.54) is 42.3 Å². The van der Waals surface area contributed by atoms with Gasteiger partial charge in [-0.1, -0.05) is 38.1 Å². The first-order valence-corrected chi connectivity index (χ1v) is 8.89. The van der Waals surface area contributed by atoms with Crippen molar-refractivity contribution in [3.8, 4) is 0 Å². The molecule has 122 valence electrons. The maximum Gasteiger partial charge on any atom is 0.276 e. The molecule has 0 unspecified atom stereocenters. The highest BCUT2D eigenvalue weighted by Crippen LogP contribution is 2.57. The molecule has 0 aliphatic heterocycles. The van der Waals surface area contributed by atoms with Gasteiger partial charge in [0.05, 0.1) is 0 Å². The molecule has 0 N–H and O–H groups in total. The summed E-state index contributed by atoms with van der Waals surface area (Å²) in [5, 5.41) is 2.39. The van der Waals surface area contributed by atoms with E-state index in [0.29, 0.717) is 0 Å². The van der Waals surface area contributed by atoms with Crippen LogP contribution in [0.4, 0.5) is 0 Å². The number of rotatable bonds is 0. The van der Waals surface area contributed by atoms with Gasteiger partial charge >= 0.3 is 0 Å². The van der Waals surface area contributed by atoms with Crippen LogP contribution < -0.4 is 5.56 Å². The van der Waals surface area contributed by atoms with E-state index < -0.39 is 0 Å². The number of fused-ring (bicyclic) bond motifs is 5. The smallest absolute Gasteiger partial charge is 0.276 e. The lowest BCUT2D eigenvalue weighted by Crippen LogP contribution is -2.46. The van der Waals surface area contributed by atoms with E-state index in [-0.39, 0.29) is 16.4 Å². The third kappa shape index (κ3) is 1.58. The molecular weight excluding hydrogens is 296 g/mol. The van der Waals surface area contributed by atoms with Crippen LogP contribution in [0.3, 0.4) is 0 Å². The fraction of sp³-hybridized carbons (Fsp3) is 0.429. The van der Waals surface area contributed by atoms with Gasteiger partial charge in [-0.25, -0.2) is 0 Å². The van der Waals surface area contributed by atoms with Gasteiger partial charge in [-0.15, -0.1) is 0 Å². The van der Waals surface area contributed by atoms with E-state index in [1.54, 1.807) is 0 Å². The quantitative estimate of drug-likeness (QED) is 0.580. The summed E-state index contributed by atoms with van der Waals surface area (Å²) >= 11 is 0. The highest BCUT2D eigenvalue weighted by Gasteiger charge is 2.50. The Bertz CT molecular complexity index is 1070. The Hall–Kier alpha value is -2.16. The summed E-state index contributed by atoms with van der Waals surface area (Å²) < 4.78 is 2.24. The lowest BCUT2D eigenvalue weighted by atomic mass is 9.53. The summed E-state index contributed by atoms with van der Waals surface area (Å²) in [6.45, 7) is 6.69. The molecule has 24 heavy (non-hydrogen) atoms. The van der Waals surface area contributed by atoms with Crippen molar-refractivity contribution in [2.24, 2.45) is 0 Å². The molecule has 1 aromatic carbocycles. The normalized spacial score (nSPS) is 28.5. The first kappa shape index (κ1) is 14.2. The zero-order valence-electron chi connectivity index (χ0n) is 14.5. The van der Waals surface area contributed by atoms with Crippen LogP contribution >= 0.6 is 0 Å². The Kier molecular flexibility index (Phi) is 2.53. The summed E-state index contributed by atoms with van der Waals surface area (Å²) in [4.78, 5) is 16.7. The molecule has 2 heterocycles. The molecule has 3 aromatic rings. The number of hydrogen-bond donors (Lipinski definition) is 0. The molecule has 6 rings (SSSR count). The Morgan fingerprint density at radius 1 is 1.00 bits per heavy atom. The van der Waals surface area contributed by atoms with Crippen LogP contribution in [0, 0.1) is 6.92 Å². The van der Waals surface area contributed by atoms with Crippen LogP contribution in [0.25, 0.3) is 16.4 Å². The van der Waals surface area contributed by atoms with Crippen molar-refractivity contribution in [1.82, 2.24) is 9.38 Å². The Balaban J connectivity index is 2.12. The van der Waals surface area contributed by atoms with Crippen LogP contribution in [0.1, 0.15) is 56.4 Å². The van der Waals surface area contributed by atoms with Crippen molar-refractivity contribution < 1.29 is 0 Å². The lowest BCUT2D eigenvalue weighted by molar-refractivity contribution is 0.182. The molecule has 0 spiro atoms. The molecule has 1 fully saturated rings. The van der Waals surface area contributed by atoms with Crippen LogP contribution in [0.2, 0.25) is 0 Å². The van der Waals surface area contributed by atoms with Crippen LogP contribution in [-0.4, -0.2) is 9.38 Å². The van der Waals surface area contributed by atoms with E-state index >= 15 is 0 Å². The summed E-state index contributed by atoms with van der Waals surface area (Å²) in [5.74, 6) is 0. The third-order valence-corrected chi connectivity index (χ3v) is 6.64. The van der Waals surface area contributed by atoms with Crippen LogP contribution in [0.5, 0.6) is 0 Å². The Morgan fingerprint density at radius 2 is 1.62 bits per heavy atom. The molecule has 2 bridgehead atoms. The second-order valence-electron chi connectivity index (χ2n) is 8.31. The van der Waals surface area contributed by atoms with E-state index in [9.17, 15) is 4.79 Å². The molecule has 0 saturated heterocycles. The van der Waals surface area contributed by atoms with Crippen LogP contribution in [-0.2, 0) is 10.8 Å². The highest BCUT2D eigenvalue weighted by molar-refractivity contribution is 5.98. The second-order valence-corrected chi connectivity index (χ2v) is 8.31. The summed E-state index contributed by atoms with van der Waals surface area (Å²) in [6, 6.07) is 8.49. The second kappa shape index (κ2) is 4.27. The topological polar surface area (TPSA) is 34.4 Å². The molecule has 0 atom stereocenters. The molecule has 3 heteroatoms. The summed E-state index contributed by atoms with van der Waals surface area (Å²) in [6.07, 6.45) is 6.95. The Morgan fingerprint density at radius 3 is 2.33 bits per heavy atom. The van der Waals surface area contributed by atoms with Gasteiger partial charge in [-0.05, 0) is 49.0 Å². The van der Waals surface area contributed by atoms with Gasteiger partial charge < -0.3 is 4.40 Å². The molecule has 3 nitrogen and oxygen atoms in total. The van der Waals surface area contributed by atoms with Crippen molar-refractivity contribution in [2.45, 2.75) is 57.3 Å². The minimum Gasteiger partial charge on any atom is -0.304 e. The minimum absolute atomic E-state index is 0.113. The molecule has 0 amide bonds. The van der Waals surface area contributed by atoms with Gasteiger partial charge in [0.1, 0.15) is 5.65 Å². The fourth-order valence-corrected chi connectivity index (χ4v) is 5.10. The van der Waals surface area contributed by atoms with Crippen molar-refractivity contribution in [3.63, 3.8) is 0 Å². The molecular formula is C21H22N2O. The van der Waals surface area contributed by atoms with Crippen molar-refractivity contribution in [1.29, 1.82) is 0 Å². The average Bonchev–Trinajstić information content (AvgIpc) is 2.58. The van der Waals surface area contributed by atoms with Crippen molar-refractivity contribution in [3.05, 3.63) is 57.6 Å². The van der Waals surface area contributed by atoms with E-state index in [2.05, 4.69) is 41.4 Å². The number of benzene rings is 1. The predicted molar refractivity (Wildman–Crippen MR) is 96.9 cm³/mol. The third-order valence-electron chi connectivity index (χ3n) is 6.64. The van der Waals surface area contributed by atoms with Gasteiger partial charge in [0, 0.05) is 28.3 Å². The summed E-state index contributed by atoms with van der Waals surface area (Å²) in [7, 11) is 0. The predicted octanol–water partition coefficient (Wildman–Crippen LogP) is 4.26. The zero-order chi connectivity index (χ0) is 16.7. The van der Waals surface area contributed by atoms with Gasteiger partial charge in [-0.2, -0.15) is 4.98 Å². The number of pyridine rings is 1. The maximum atomic E-state index is 12.2. The molecule has 0 radical (unpaired) electrons. The SMILES string of the molecule is Cc1cn2c3c(c4ccccc4c2nc1=O)C1(C)CCC3(C)CC1. The number of hydrogen-bond acceptors (Lipinski definition) is 2. The van der Waals surface area contributed by atoms with Gasteiger partial charge in [-0.3, -0.25) is 4.79 Å².